The maximum atomic E-state index is 13.3. The van der Waals surface area contributed by atoms with Crippen LogP contribution in [0, 0.1) is 6.92 Å². The van der Waals surface area contributed by atoms with Gasteiger partial charge in [-0.05, 0) is 55.0 Å². The number of carboxylic acids is 1. The first-order valence-electron chi connectivity index (χ1n) is 12.8. The van der Waals surface area contributed by atoms with Gasteiger partial charge in [-0.2, -0.15) is 0 Å². The van der Waals surface area contributed by atoms with E-state index in [-0.39, 0.29) is 29.5 Å². The number of thiazole rings is 1. The number of allylic oxidation sites excluding steroid dienone is 1. The maximum absolute atomic E-state index is 13.3. The van der Waals surface area contributed by atoms with Crippen LogP contribution in [0.4, 0.5) is 16.5 Å². The van der Waals surface area contributed by atoms with Gasteiger partial charge in [0.05, 0.1) is 46.0 Å². The number of amides is 1. The number of nitrogens with one attached hydrogen (secondary N) is 1. The Morgan fingerprint density at radius 3 is 2.41 bits per heavy atom. The van der Waals surface area contributed by atoms with E-state index in [1.807, 2.05) is 30.0 Å². The molecule has 0 spiro atoms. The van der Waals surface area contributed by atoms with E-state index in [0.717, 1.165) is 11.3 Å². The lowest BCUT2D eigenvalue weighted by molar-refractivity contribution is -0.112. The fourth-order valence-corrected chi connectivity index (χ4v) is 5.41. The molecule has 0 unspecified atom stereocenters. The highest BCUT2D eigenvalue weighted by atomic mass is 32.1. The van der Waals surface area contributed by atoms with Gasteiger partial charge in [-0.25, -0.2) is 14.8 Å². The molecule has 4 aromatic rings. The second kappa shape index (κ2) is 11.8. The summed E-state index contributed by atoms with van der Waals surface area (Å²) >= 11 is 1.17. The van der Waals surface area contributed by atoms with Crippen molar-refractivity contribution in [1.82, 2.24) is 4.98 Å². The molecule has 1 heterocycles. The molecule has 0 bridgehead atoms. The van der Waals surface area contributed by atoms with Gasteiger partial charge in [0, 0.05) is 29.9 Å². The van der Waals surface area contributed by atoms with Gasteiger partial charge in [-0.15, -0.1) is 0 Å². The van der Waals surface area contributed by atoms with Crippen LogP contribution in [0.5, 0.6) is 0 Å². The second-order valence-corrected chi connectivity index (χ2v) is 10.3. The van der Waals surface area contributed by atoms with Crippen LogP contribution >= 0.6 is 11.3 Å². The van der Waals surface area contributed by atoms with Crippen LogP contribution in [0.15, 0.2) is 77.3 Å². The zero-order valence-electron chi connectivity index (χ0n) is 22.0. The van der Waals surface area contributed by atoms with Crippen molar-refractivity contribution in [2.45, 2.75) is 6.92 Å². The smallest absolute Gasteiger partial charge is 0.335 e. The number of ketones is 1. The van der Waals surface area contributed by atoms with E-state index in [2.05, 4.69) is 10.3 Å². The molecule has 1 aromatic heterocycles. The molecule has 0 saturated heterocycles. The average Bonchev–Trinajstić information content (AvgIpc) is 3.36. The van der Waals surface area contributed by atoms with E-state index in [4.69, 9.17) is 4.99 Å². The molecule has 0 atom stereocenters. The Hall–Kier alpha value is -4.71. The first kappa shape index (κ1) is 27.8. The maximum Gasteiger partial charge on any atom is 0.335 e. The third kappa shape index (κ3) is 5.78. The van der Waals surface area contributed by atoms with E-state index in [1.54, 1.807) is 30.3 Å². The van der Waals surface area contributed by atoms with E-state index in [1.165, 1.54) is 29.5 Å². The summed E-state index contributed by atoms with van der Waals surface area (Å²) in [6.07, 6.45) is 1.47. The van der Waals surface area contributed by atoms with Crippen molar-refractivity contribution in [3.05, 3.63) is 94.6 Å². The van der Waals surface area contributed by atoms with Crippen LogP contribution in [-0.2, 0) is 4.79 Å². The van der Waals surface area contributed by atoms with Gasteiger partial charge in [0.1, 0.15) is 0 Å². The number of anilines is 2. The molecule has 0 aliphatic heterocycles. The zero-order chi connectivity index (χ0) is 29.1. The number of aliphatic hydroxyl groups is 2. The van der Waals surface area contributed by atoms with Crippen molar-refractivity contribution in [2.24, 2.45) is 4.99 Å². The predicted octanol–water partition coefficient (Wildman–Crippen LogP) is 3.98. The van der Waals surface area contributed by atoms with Crippen molar-refractivity contribution in [1.29, 1.82) is 0 Å². The SMILES string of the molecule is Cc1cc(N(CCO)CCO)ccc1N=C1C=C(C(=O)Nc2nc3cc(C(=O)O)ccc3s2)C(=O)c2ccccc21. The highest BCUT2D eigenvalue weighted by Crippen LogP contribution is 2.30. The van der Waals surface area contributed by atoms with Crippen LogP contribution in [0.2, 0.25) is 0 Å². The summed E-state index contributed by atoms with van der Waals surface area (Å²) < 4.78 is 0.692. The number of benzene rings is 3. The van der Waals surface area contributed by atoms with E-state index >= 15 is 0 Å². The summed E-state index contributed by atoms with van der Waals surface area (Å²) in [5.74, 6) is -2.17. The molecule has 1 amide bonds. The summed E-state index contributed by atoms with van der Waals surface area (Å²) in [5, 5.41) is 30.9. The van der Waals surface area contributed by atoms with Crippen LogP contribution < -0.4 is 10.2 Å². The molecule has 0 radical (unpaired) electrons. The number of carbonyl (C=O) groups is 3. The molecule has 208 valence electrons. The Labute approximate surface area is 238 Å². The topological polar surface area (TPSA) is 152 Å². The fraction of sp³-hybridized carbons (Fsp3) is 0.167. The number of rotatable bonds is 9. The molecule has 0 saturated carbocycles. The Morgan fingerprint density at radius 2 is 1.73 bits per heavy atom. The quantitative estimate of drug-likeness (QED) is 0.221. The Bertz CT molecular complexity index is 1740. The van der Waals surface area contributed by atoms with Crippen molar-refractivity contribution >= 4 is 61.4 Å². The molecule has 0 fully saturated rings. The standard InChI is InChI=1S/C30H26N4O6S/c1-17-14-19(34(10-12-35)11-13-36)7-8-23(17)31-24-16-22(27(37)21-5-3-2-4-20(21)24)28(38)33-30-32-25-15-18(29(39)40)6-9-26(25)41-30/h2-9,14-16,35-36H,10-13H2,1H3,(H,39,40)(H,32,33,38). The summed E-state index contributed by atoms with van der Waals surface area (Å²) in [6, 6.07) is 17.0. The highest BCUT2D eigenvalue weighted by molar-refractivity contribution is 7.22. The van der Waals surface area contributed by atoms with Crippen LogP contribution in [-0.4, -0.2) is 70.0 Å². The Morgan fingerprint density at radius 1 is 1.00 bits per heavy atom. The number of aliphatic imine (C=N–C) groups is 1. The number of nitrogens with zero attached hydrogens (tertiary/aromatic N) is 3. The third-order valence-electron chi connectivity index (χ3n) is 6.60. The fourth-order valence-electron chi connectivity index (χ4n) is 4.57. The van der Waals surface area contributed by atoms with E-state index in [0.29, 0.717) is 45.8 Å². The number of aromatic carboxylic acids is 1. The zero-order valence-corrected chi connectivity index (χ0v) is 22.8. The molecule has 4 N–H and O–H groups in total. The molecule has 5 rings (SSSR count). The summed E-state index contributed by atoms with van der Waals surface area (Å²) in [6.45, 7) is 2.53. The van der Waals surface area contributed by atoms with Gasteiger partial charge in [0.2, 0.25) is 0 Å². The van der Waals surface area contributed by atoms with Gasteiger partial charge in [0.25, 0.3) is 5.91 Å². The average molecular weight is 571 g/mol. The molecule has 3 aromatic carbocycles. The van der Waals surface area contributed by atoms with Crippen LogP contribution in [0.25, 0.3) is 10.2 Å². The molecule has 41 heavy (non-hydrogen) atoms. The second-order valence-electron chi connectivity index (χ2n) is 9.30. The van der Waals surface area contributed by atoms with Crippen molar-refractivity contribution < 1.29 is 29.7 Å². The number of aryl methyl sites for hydroxylation is 1. The van der Waals surface area contributed by atoms with Gasteiger partial charge in [0.15, 0.2) is 10.9 Å². The molecular formula is C30H26N4O6S. The predicted molar refractivity (Wildman–Crippen MR) is 158 cm³/mol. The third-order valence-corrected chi connectivity index (χ3v) is 7.55. The minimum Gasteiger partial charge on any atom is -0.478 e. The minimum atomic E-state index is -1.08. The minimum absolute atomic E-state index is 0.0516. The van der Waals surface area contributed by atoms with Gasteiger partial charge < -0.3 is 20.2 Å². The normalized spacial score (nSPS) is 13.7. The summed E-state index contributed by atoms with van der Waals surface area (Å²) in [4.78, 5) is 48.9. The van der Waals surface area contributed by atoms with Gasteiger partial charge >= 0.3 is 5.97 Å². The molecular weight excluding hydrogens is 544 g/mol. The van der Waals surface area contributed by atoms with Crippen LogP contribution in [0.3, 0.4) is 0 Å². The lowest BCUT2D eigenvalue weighted by atomic mass is 9.88. The number of hydrogen-bond acceptors (Lipinski definition) is 9. The number of fused-ring (bicyclic) bond motifs is 2. The number of carboxylic acid groups (broad SMARTS) is 1. The summed E-state index contributed by atoms with van der Waals surface area (Å²) in [5.41, 5.74) is 4.10. The summed E-state index contributed by atoms with van der Waals surface area (Å²) in [7, 11) is 0. The largest absolute Gasteiger partial charge is 0.478 e. The van der Waals surface area contributed by atoms with Crippen molar-refractivity contribution in [3.63, 3.8) is 0 Å². The molecule has 11 heteroatoms. The highest BCUT2D eigenvalue weighted by Gasteiger charge is 2.29. The molecule has 1 aliphatic carbocycles. The molecule has 10 nitrogen and oxygen atoms in total. The monoisotopic (exact) mass is 570 g/mol. The molecule has 1 aliphatic rings. The van der Waals surface area contributed by atoms with Gasteiger partial charge in [-0.3, -0.25) is 14.9 Å². The number of aliphatic hydroxyl groups excluding tert-OH is 2. The Balaban J connectivity index is 1.48. The Kier molecular flexibility index (Phi) is 8.02. The first-order chi connectivity index (χ1) is 19.8. The van der Waals surface area contributed by atoms with Gasteiger partial charge in [-0.1, -0.05) is 35.6 Å². The van der Waals surface area contributed by atoms with E-state index in [9.17, 15) is 29.7 Å². The number of carbonyl (C=O) groups excluding carboxylic acids is 2. The first-order valence-corrected chi connectivity index (χ1v) is 13.6. The van der Waals surface area contributed by atoms with E-state index < -0.39 is 17.7 Å². The number of aromatic nitrogens is 1. The number of Topliss-reactive ketones (excluding diaryl/α,β-unsaturated/α-hetero) is 1. The van der Waals surface area contributed by atoms with Crippen LogP contribution in [0.1, 0.15) is 31.8 Å². The van der Waals surface area contributed by atoms with Crippen molar-refractivity contribution in [3.8, 4) is 0 Å². The lowest BCUT2D eigenvalue weighted by Crippen LogP contribution is -2.29. The lowest BCUT2D eigenvalue weighted by Gasteiger charge is -2.23. The number of hydrogen-bond donors (Lipinski definition) is 4. The van der Waals surface area contributed by atoms with Crippen molar-refractivity contribution in [2.75, 3.05) is 36.5 Å².